The van der Waals surface area contributed by atoms with E-state index in [1.54, 1.807) is 20.8 Å². The number of rotatable bonds is 2. The summed E-state index contributed by atoms with van der Waals surface area (Å²) in [6.45, 7) is 11.7. The lowest BCUT2D eigenvalue weighted by molar-refractivity contribution is 0.00317. The van der Waals surface area contributed by atoms with Crippen molar-refractivity contribution in [1.29, 1.82) is 0 Å². The molecule has 3 atom stereocenters. The molecule has 1 aliphatic carbocycles. The van der Waals surface area contributed by atoms with Gasteiger partial charge in [-0.25, -0.2) is 14.9 Å². The number of hydrogen-bond acceptors (Lipinski definition) is 4. The number of alkyl carbamates (subject to hydrolysis) is 2. The van der Waals surface area contributed by atoms with E-state index in [0.717, 1.165) is 19.3 Å². The van der Waals surface area contributed by atoms with Gasteiger partial charge >= 0.3 is 12.2 Å². The number of imide groups is 1. The molecule has 1 aliphatic rings. The molecule has 0 radical (unpaired) electrons. The van der Waals surface area contributed by atoms with Crippen molar-refractivity contribution in [2.24, 2.45) is 17.8 Å². The molecule has 0 unspecified atom stereocenters. The smallest absolute Gasteiger partial charge is 0.417 e. The summed E-state index contributed by atoms with van der Waals surface area (Å²) in [6, 6.07) is 0. The summed E-state index contributed by atoms with van der Waals surface area (Å²) >= 11 is 0. The Balaban J connectivity index is 2.53. The van der Waals surface area contributed by atoms with E-state index in [9.17, 15) is 9.59 Å². The minimum absolute atomic E-state index is 0.129. The van der Waals surface area contributed by atoms with Gasteiger partial charge in [0.2, 0.25) is 0 Å². The highest BCUT2D eigenvalue weighted by atomic mass is 16.6. The predicted octanol–water partition coefficient (Wildman–Crippen LogP) is 4.11. The maximum Gasteiger partial charge on any atom is 0.417 e. The average molecular weight is 299 g/mol. The molecule has 0 aromatic heterocycles. The minimum Gasteiger partial charge on any atom is -0.446 e. The second-order valence-electron chi connectivity index (χ2n) is 7.40. The fourth-order valence-corrected chi connectivity index (χ4v) is 2.80. The maximum atomic E-state index is 11.8. The molecule has 1 rings (SSSR count). The lowest BCUT2D eigenvalue weighted by atomic mass is 9.75. The zero-order valence-corrected chi connectivity index (χ0v) is 14.1. The van der Waals surface area contributed by atoms with Crippen molar-refractivity contribution in [3.05, 3.63) is 0 Å². The summed E-state index contributed by atoms with van der Waals surface area (Å²) in [6.07, 6.45) is 1.46. The molecule has 122 valence electrons. The van der Waals surface area contributed by atoms with Crippen molar-refractivity contribution in [3.8, 4) is 0 Å². The molecule has 0 bridgehead atoms. The summed E-state index contributed by atoms with van der Waals surface area (Å²) in [5.41, 5.74) is -0.635. The van der Waals surface area contributed by atoms with Crippen LogP contribution in [0.15, 0.2) is 0 Å². The predicted molar refractivity (Wildman–Crippen MR) is 81.0 cm³/mol. The van der Waals surface area contributed by atoms with E-state index in [4.69, 9.17) is 9.47 Å². The van der Waals surface area contributed by atoms with Gasteiger partial charge in [-0.05, 0) is 51.4 Å². The van der Waals surface area contributed by atoms with Crippen molar-refractivity contribution in [1.82, 2.24) is 5.32 Å². The summed E-state index contributed by atoms with van der Waals surface area (Å²) < 4.78 is 10.5. The van der Waals surface area contributed by atoms with E-state index < -0.39 is 17.8 Å². The van der Waals surface area contributed by atoms with Crippen LogP contribution in [0.1, 0.15) is 60.8 Å². The second kappa shape index (κ2) is 7.14. The third-order valence-corrected chi connectivity index (χ3v) is 3.82. The lowest BCUT2D eigenvalue weighted by Gasteiger charge is -2.36. The van der Waals surface area contributed by atoms with Crippen LogP contribution in [0.2, 0.25) is 0 Å². The number of hydrogen-bond donors (Lipinski definition) is 1. The first kappa shape index (κ1) is 17.8. The Bertz CT molecular complexity index is 373. The van der Waals surface area contributed by atoms with Crippen LogP contribution >= 0.6 is 0 Å². The molecule has 0 spiro atoms. The molecule has 0 heterocycles. The first-order chi connectivity index (χ1) is 9.58. The highest BCUT2D eigenvalue weighted by Crippen LogP contribution is 2.35. The SMILES string of the molecule is CC(C)[C@@H]1CC[C@@H](C)C[C@H]1OC(=O)NC(=O)OC(C)(C)C. The summed E-state index contributed by atoms with van der Waals surface area (Å²) in [7, 11) is 0. The van der Waals surface area contributed by atoms with Crippen LogP contribution in [-0.4, -0.2) is 23.9 Å². The normalized spacial score (nSPS) is 26.3. The van der Waals surface area contributed by atoms with Gasteiger partial charge in [0.1, 0.15) is 11.7 Å². The van der Waals surface area contributed by atoms with Gasteiger partial charge in [-0.2, -0.15) is 0 Å². The Labute approximate surface area is 127 Å². The van der Waals surface area contributed by atoms with Crippen LogP contribution in [0.4, 0.5) is 9.59 Å². The zero-order chi connectivity index (χ0) is 16.2. The van der Waals surface area contributed by atoms with Gasteiger partial charge < -0.3 is 9.47 Å². The molecule has 21 heavy (non-hydrogen) atoms. The third-order valence-electron chi connectivity index (χ3n) is 3.82. The molecule has 1 saturated carbocycles. The Kier molecular flexibility index (Phi) is 6.05. The Morgan fingerprint density at radius 3 is 2.29 bits per heavy atom. The van der Waals surface area contributed by atoms with E-state index in [1.165, 1.54) is 0 Å². The molecular weight excluding hydrogens is 270 g/mol. The molecule has 5 nitrogen and oxygen atoms in total. The number of carbonyl (C=O) groups is 2. The topological polar surface area (TPSA) is 64.6 Å². The number of nitrogens with one attached hydrogen (secondary N) is 1. The van der Waals surface area contributed by atoms with Crippen LogP contribution in [-0.2, 0) is 9.47 Å². The third kappa shape index (κ3) is 6.36. The quantitative estimate of drug-likeness (QED) is 0.833. The van der Waals surface area contributed by atoms with Gasteiger partial charge in [0, 0.05) is 0 Å². The van der Waals surface area contributed by atoms with Crippen molar-refractivity contribution in [2.45, 2.75) is 72.5 Å². The molecule has 0 aromatic carbocycles. The minimum atomic E-state index is -0.766. The molecular formula is C16H29NO4. The van der Waals surface area contributed by atoms with E-state index in [-0.39, 0.29) is 6.10 Å². The summed E-state index contributed by atoms with van der Waals surface area (Å²) in [5, 5.41) is 2.14. The van der Waals surface area contributed by atoms with Crippen molar-refractivity contribution >= 4 is 12.2 Å². The number of ether oxygens (including phenoxy) is 2. The first-order valence-corrected chi connectivity index (χ1v) is 7.79. The Morgan fingerprint density at radius 1 is 1.14 bits per heavy atom. The van der Waals surface area contributed by atoms with Crippen molar-refractivity contribution < 1.29 is 19.1 Å². The largest absolute Gasteiger partial charge is 0.446 e. The van der Waals surface area contributed by atoms with Crippen LogP contribution < -0.4 is 5.32 Å². The average Bonchev–Trinajstić information content (AvgIpc) is 2.24. The fourth-order valence-electron chi connectivity index (χ4n) is 2.80. The fraction of sp³-hybridized carbons (Fsp3) is 0.875. The van der Waals surface area contributed by atoms with Crippen LogP contribution in [0.3, 0.4) is 0 Å². The molecule has 0 aromatic rings. The summed E-state index contributed by atoms with van der Waals surface area (Å²) in [5.74, 6) is 1.35. The number of amides is 2. The van der Waals surface area contributed by atoms with E-state index in [2.05, 4.69) is 26.1 Å². The molecule has 1 N–H and O–H groups in total. The van der Waals surface area contributed by atoms with Gasteiger partial charge in [0.05, 0.1) is 0 Å². The highest BCUT2D eigenvalue weighted by Gasteiger charge is 2.33. The maximum absolute atomic E-state index is 11.8. The van der Waals surface area contributed by atoms with E-state index in [1.807, 2.05) is 0 Å². The molecule has 5 heteroatoms. The van der Waals surface area contributed by atoms with Crippen molar-refractivity contribution in [2.75, 3.05) is 0 Å². The van der Waals surface area contributed by atoms with Gasteiger partial charge in [-0.15, -0.1) is 0 Å². The molecule has 2 amide bonds. The van der Waals surface area contributed by atoms with Crippen LogP contribution in [0, 0.1) is 17.8 Å². The lowest BCUT2D eigenvalue weighted by Crippen LogP contribution is -2.42. The van der Waals surface area contributed by atoms with Crippen LogP contribution in [0.25, 0.3) is 0 Å². The molecule has 0 saturated heterocycles. The molecule has 0 aliphatic heterocycles. The van der Waals surface area contributed by atoms with E-state index in [0.29, 0.717) is 17.8 Å². The van der Waals surface area contributed by atoms with Gasteiger partial charge in [-0.3, -0.25) is 0 Å². The van der Waals surface area contributed by atoms with Gasteiger partial charge in [-0.1, -0.05) is 27.2 Å². The van der Waals surface area contributed by atoms with Crippen molar-refractivity contribution in [3.63, 3.8) is 0 Å². The zero-order valence-electron chi connectivity index (χ0n) is 14.1. The number of carbonyl (C=O) groups excluding carboxylic acids is 2. The standard InChI is InChI=1S/C16H29NO4/c1-10(2)12-8-7-11(3)9-13(12)20-14(18)17-15(19)21-16(4,5)6/h10-13H,7-9H2,1-6H3,(H,17,18,19)/t11-,12+,13-/m1/s1. The first-order valence-electron chi connectivity index (χ1n) is 7.79. The van der Waals surface area contributed by atoms with Gasteiger partial charge in [0.25, 0.3) is 0 Å². The Hall–Kier alpha value is -1.26. The second-order valence-corrected chi connectivity index (χ2v) is 7.40. The van der Waals surface area contributed by atoms with E-state index >= 15 is 0 Å². The molecule has 1 fully saturated rings. The summed E-state index contributed by atoms with van der Waals surface area (Å²) in [4.78, 5) is 23.4. The monoisotopic (exact) mass is 299 g/mol. The Morgan fingerprint density at radius 2 is 1.76 bits per heavy atom. The van der Waals surface area contributed by atoms with Gasteiger partial charge in [0.15, 0.2) is 0 Å². The van der Waals surface area contributed by atoms with Crippen LogP contribution in [0.5, 0.6) is 0 Å². The highest BCUT2D eigenvalue weighted by molar-refractivity contribution is 5.87.